The first-order valence-electron chi connectivity index (χ1n) is 9.64. The Morgan fingerprint density at radius 1 is 1.06 bits per heavy atom. The molecule has 0 amide bonds. The first-order chi connectivity index (χ1) is 14.5. The van der Waals surface area contributed by atoms with Crippen molar-refractivity contribution >= 4 is 15.6 Å². The summed E-state index contributed by atoms with van der Waals surface area (Å²) in [5.74, 6) is -0.123. The van der Waals surface area contributed by atoms with E-state index in [1.54, 1.807) is 68.4 Å². The van der Waals surface area contributed by atoms with Crippen molar-refractivity contribution in [1.29, 1.82) is 0 Å². The smallest absolute Gasteiger partial charge is 0.308 e. The molecule has 2 N–H and O–H groups in total. The van der Waals surface area contributed by atoms with Crippen molar-refractivity contribution in [2.24, 2.45) is 0 Å². The molecule has 168 valence electrons. The van der Waals surface area contributed by atoms with Gasteiger partial charge >= 0.3 is 6.18 Å². The second kappa shape index (κ2) is 8.89. The molecule has 1 heterocycles. The molecular formula is C21H25F3N4O2S. The number of benzene rings is 2. The molecule has 2 aromatic rings. The number of halogens is 3. The van der Waals surface area contributed by atoms with E-state index in [-0.39, 0.29) is 22.8 Å². The molecule has 2 aromatic carbocycles. The van der Waals surface area contributed by atoms with E-state index in [2.05, 4.69) is 10.1 Å². The predicted molar refractivity (Wildman–Crippen MR) is 113 cm³/mol. The number of hydrogen-bond donors (Lipinski definition) is 2. The molecule has 0 bridgehead atoms. The van der Waals surface area contributed by atoms with Crippen molar-refractivity contribution in [3.8, 4) is 0 Å². The molecule has 0 spiro atoms. The zero-order valence-electron chi connectivity index (χ0n) is 17.4. The molecule has 0 saturated heterocycles. The third kappa shape index (κ3) is 5.20. The Morgan fingerprint density at radius 3 is 2.26 bits per heavy atom. The van der Waals surface area contributed by atoms with Gasteiger partial charge in [0.05, 0.1) is 4.90 Å². The quantitative estimate of drug-likeness (QED) is 0.674. The molecule has 0 fully saturated rings. The van der Waals surface area contributed by atoms with E-state index < -0.39 is 22.2 Å². The Bertz CT molecular complexity index is 1050. The van der Waals surface area contributed by atoms with Gasteiger partial charge in [0, 0.05) is 18.7 Å². The van der Waals surface area contributed by atoms with Crippen LogP contribution in [-0.4, -0.2) is 57.7 Å². The molecule has 1 aliphatic heterocycles. The van der Waals surface area contributed by atoms with Crippen molar-refractivity contribution in [2.75, 3.05) is 27.2 Å². The van der Waals surface area contributed by atoms with Crippen LogP contribution in [0.2, 0.25) is 0 Å². The zero-order chi connectivity index (χ0) is 22.8. The molecule has 10 heteroatoms. The van der Waals surface area contributed by atoms with E-state index in [1.165, 1.54) is 17.1 Å². The molecule has 3 rings (SSSR count). The monoisotopic (exact) mass is 454 g/mol. The van der Waals surface area contributed by atoms with Crippen LogP contribution in [0, 0.1) is 6.92 Å². The second-order valence-electron chi connectivity index (χ2n) is 7.55. The number of hydrogen-bond acceptors (Lipinski definition) is 5. The number of nitrogens with one attached hydrogen (secondary N) is 2. The SMILES string of the molecule is Cc1ccccc1C1=C(NS(=O)(=O)c2ccccc2)N(CCN(C)C)NC1C(F)(F)F. The van der Waals surface area contributed by atoms with Crippen molar-refractivity contribution in [1.82, 2.24) is 20.1 Å². The van der Waals surface area contributed by atoms with E-state index >= 15 is 0 Å². The molecule has 1 aliphatic rings. The molecule has 1 atom stereocenters. The summed E-state index contributed by atoms with van der Waals surface area (Å²) in [6.45, 7) is 2.25. The summed E-state index contributed by atoms with van der Waals surface area (Å²) >= 11 is 0. The lowest BCUT2D eigenvalue weighted by atomic mass is 9.95. The third-order valence-corrected chi connectivity index (χ3v) is 6.27. The topological polar surface area (TPSA) is 64.7 Å². The third-order valence-electron chi connectivity index (χ3n) is 4.92. The zero-order valence-corrected chi connectivity index (χ0v) is 18.3. The van der Waals surface area contributed by atoms with Gasteiger partial charge in [-0.1, -0.05) is 42.5 Å². The number of hydrazine groups is 1. The molecular weight excluding hydrogens is 429 g/mol. The fourth-order valence-corrected chi connectivity index (χ4v) is 4.44. The van der Waals surface area contributed by atoms with E-state index in [9.17, 15) is 21.6 Å². The van der Waals surface area contributed by atoms with E-state index in [4.69, 9.17) is 0 Å². The number of aryl methyl sites for hydroxylation is 1. The molecule has 0 radical (unpaired) electrons. The van der Waals surface area contributed by atoms with Gasteiger partial charge < -0.3 is 4.90 Å². The number of nitrogens with zero attached hydrogens (tertiary/aromatic N) is 2. The number of sulfonamides is 1. The minimum Gasteiger partial charge on any atom is -0.308 e. The highest BCUT2D eigenvalue weighted by Crippen LogP contribution is 2.39. The van der Waals surface area contributed by atoms with Gasteiger partial charge in [-0.3, -0.25) is 9.73 Å². The summed E-state index contributed by atoms with van der Waals surface area (Å²) in [5, 5.41) is 1.24. The summed E-state index contributed by atoms with van der Waals surface area (Å²) < 4.78 is 70.5. The largest absolute Gasteiger partial charge is 0.409 e. The lowest BCUT2D eigenvalue weighted by molar-refractivity contribution is -0.147. The molecule has 1 unspecified atom stereocenters. The maximum Gasteiger partial charge on any atom is 0.409 e. The highest BCUT2D eigenvalue weighted by Gasteiger charge is 2.50. The van der Waals surface area contributed by atoms with Gasteiger partial charge in [-0.2, -0.15) is 13.2 Å². The maximum absolute atomic E-state index is 14.0. The average Bonchev–Trinajstić information content (AvgIpc) is 3.05. The Balaban J connectivity index is 2.17. The predicted octanol–water partition coefficient (Wildman–Crippen LogP) is 2.95. The van der Waals surface area contributed by atoms with Gasteiger partial charge in [0.15, 0.2) is 6.04 Å². The summed E-state index contributed by atoms with van der Waals surface area (Å²) in [6.07, 6.45) is -4.63. The van der Waals surface area contributed by atoms with Crippen LogP contribution >= 0.6 is 0 Å². The van der Waals surface area contributed by atoms with Gasteiger partial charge in [-0.15, -0.1) is 0 Å². The standard InChI is InChI=1S/C21H25F3N4O2S/c1-15-9-7-8-12-17(15)18-19(21(22,23)24)25-28(14-13-27(2)3)20(18)26-31(29,30)16-10-5-4-6-11-16/h4-12,19,25-26H,13-14H2,1-3H3. The molecule has 0 aromatic heterocycles. The van der Waals surface area contributed by atoms with Crippen LogP contribution in [0.15, 0.2) is 65.3 Å². The molecule has 31 heavy (non-hydrogen) atoms. The summed E-state index contributed by atoms with van der Waals surface area (Å²) in [7, 11) is -0.531. The van der Waals surface area contributed by atoms with Crippen LogP contribution < -0.4 is 10.1 Å². The highest BCUT2D eigenvalue weighted by molar-refractivity contribution is 7.89. The summed E-state index contributed by atoms with van der Waals surface area (Å²) in [4.78, 5) is 1.77. The fraction of sp³-hybridized carbons (Fsp3) is 0.333. The van der Waals surface area contributed by atoms with E-state index in [1.807, 2.05) is 0 Å². The van der Waals surface area contributed by atoms with Gasteiger partial charge in [-0.25, -0.2) is 13.8 Å². The molecule has 0 aliphatic carbocycles. The normalized spacial score (nSPS) is 17.5. The Morgan fingerprint density at radius 2 is 1.68 bits per heavy atom. The Labute approximate surface area is 180 Å². The highest BCUT2D eigenvalue weighted by atomic mass is 32.2. The number of likely N-dealkylation sites (N-methyl/N-ethyl adjacent to an activating group) is 1. The lowest BCUT2D eigenvalue weighted by Gasteiger charge is -2.26. The molecule has 0 saturated carbocycles. The first-order valence-corrected chi connectivity index (χ1v) is 11.1. The van der Waals surface area contributed by atoms with Crippen LogP contribution in [0.4, 0.5) is 13.2 Å². The van der Waals surface area contributed by atoms with Crippen LogP contribution in [0.5, 0.6) is 0 Å². The average molecular weight is 455 g/mol. The van der Waals surface area contributed by atoms with Crippen LogP contribution in [0.3, 0.4) is 0 Å². The van der Waals surface area contributed by atoms with Crippen molar-refractivity contribution in [2.45, 2.75) is 24.0 Å². The van der Waals surface area contributed by atoms with Crippen LogP contribution in [0.25, 0.3) is 5.57 Å². The van der Waals surface area contributed by atoms with Crippen molar-refractivity contribution in [3.63, 3.8) is 0 Å². The van der Waals surface area contributed by atoms with Crippen LogP contribution in [0.1, 0.15) is 11.1 Å². The minimum absolute atomic E-state index is 0.0327. The van der Waals surface area contributed by atoms with Gasteiger partial charge in [-0.05, 0) is 44.3 Å². The molecule has 6 nitrogen and oxygen atoms in total. The fourth-order valence-electron chi connectivity index (χ4n) is 3.33. The van der Waals surface area contributed by atoms with Crippen molar-refractivity contribution < 1.29 is 21.6 Å². The number of alkyl halides is 3. The minimum atomic E-state index is -4.63. The summed E-state index contributed by atoms with van der Waals surface area (Å²) in [5.41, 5.74) is 3.26. The van der Waals surface area contributed by atoms with Crippen molar-refractivity contribution in [3.05, 3.63) is 71.5 Å². The second-order valence-corrected chi connectivity index (χ2v) is 9.24. The summed E-state index contributed by atoms with van der Waals surface area (Å²) in [6, 6.07) is 12.1. The van der Waals surface area contributed by atoms with E-state index in [0.29, 0.717) is 17.7 Å². The van der Waals surface area contributed by atoms with Crippen LogP contribution in [-0.2, 0) is 10.0 Å². The van der Waals surface area contributed by atoms with Gasteiger partial charge in [0.2, 0.25) is 0 Å². The Hall–Kier alpha value is -2.56. The van der Waals surface area contributed by atoms with E-state index in [0.717, 1.165) is 0 Å². The first kappa shape index (κ1) is 23.1. The van der Waals surface area contributed by atoms with Gasteiger partial charge in [0.1, 0.15) is 5.82 Å². The maximum atomic E-state index is 14.0. The number of rotatable bonds is 7. The lowest BCUT2D eigenvalue weighted by Crippen LogP contribution is -2.48. The van der Waals surface area contributed by atoms with Gasteiger partial charge in [0.25, 0.3) is 10.0 Å². The Kier molecular flexibility index (Phi) is 6.63.